The predicted molar refractivity (Wildman–Crippen MR) is 209 cm³/mol. The van der Waals surface area contributed by atoms with Crippen LogP contribution in [0, 0.1) is 24.8 Å². The molecule has 0 bridgehead atoms. The van der Waals surface area contributed by atoms with Gasteiger partial charge in [-0.15, -0.1) is 15.3 Å². The molecule has 0 unspecified atom stereocenters. The van der Waals surface area contributed by atoms with Crippen molar-refractivity contribution in [3.63, 3.8) is 0 Å². The average molecular weight is 898 g/mol. The number of pyridine rings is 3. The fourth-order valence-electron chi connectivity index (χ4n) is 3.74. The van der Waals surface area contributed by atoms with E-state index in [4.69, 9.17) is 46.4 Å². The molecule has 5 heterocycles. The number of hydrogen-bond donors (Lipinski definition) is 2. The summed E-state index contributed by atoms with van der Waals surface area (Å²) >= 11 is 30.3. The van der Waals surface area contributed by atoms with E-state index < -0.39 is 17.8 Å². The molecule has 0 saturated carbocycles. The van der Waals surface area contributed by atoms with Crippen molar-refractivity contribution in [2.24, 2.45) is 4.30 Å². The van der Waals surface area contributed by atoms with Gasteiger partial charge in [0.05, 0.1) is 26.6 Å². The molecule has 0 aliphatic carbocycles. The van der Waals surface area contributed by atoms with Crippen LogP contribution in [0.3, 0.4) is 0 Å². The van der Waals surface area contributed by atoms with Gasteiger partial charge in [0.15, 0.2) is 5.82 Å². The number of H-pyrrole nitrogens is 1. The van der Waals surface area contributed by atoms with Crippen LogP contribution in [0.4, 0.5) is 13.2 Å². The van der Waals surface area contributed by atoms with Gasteiger partial charge in [-0.1, -0.05) is 92.7 Å². The van der Waals surface area contributed by atoms with E-state index in [-0.39, 0.29) is 0 Å². The predicted octanol–water partition coefficient (Wildman–Crippen LogP) is 9.23. The second-order valence-electron chi connectivity index (χ2n) is 9.98. The molecule has 7 aromatic rings. The molecular formula is C32H24BBrCl4F3N12S. The number of nitrogens with one attached hydrogen (secondary N) is 1. The van der Waals surface area contributed by atoms with Crippen LogP contribution in [0.5, 0.6) is 0 Å². The second-order valence-corrected chi connectivity index (χ2v) is 12.3. The van der Waals surface area contributed by atoms with Crippen LogP contribution in [0.25, 0.3) is 22.8 Å². The van der Waals surface area contributed by atoms with Crippen molar-refractivity contribution in [3.8, 4) is 22.8 Å². The van der Waals surface area contributed by atoms with E-state index in [1.165, 1.54) is 36.8 Å². The van der Waals surface area contributed by atoms with E-state index in [0.717, 1.165) is 22.0 Å². The van der Waals surface area contributed by atoms with Gasteiger partial charge in [0.25, 0.3) is 0 Å². The summed E-state index contributed by atoms with van der Waals surface area (Å²) in [5, 5.41) is 27.3. The molecule has 54 heavy (non-hydrogen) atoms. The van der Waals surface area contributed by atoms with Crippen LogP contribution in [0.2, 0.25) is 20.1 Å². The van der Waals surface area contributed by atoms with Gasteiger partial charge in [0.1, 0.15) is 0 Å². The first-order chi connectivity index (χ1) is 26.0. The fraction of sp³-hybridized carbons (Fsp3) is 0.0938. The van der Waals surface area contributed by atoms with Gasteiger partial charge in [0, 0.05) is 35.0 Å². The van der Waals surface area contributed by atoms with Gasteiger partial charge in [-0.2, -0.15) is 18.4 Å². The van der Waals surface area contributed by atoms with E-state index in [0.29, 0.717) is 49.4 Å². The molecule has 0 amide bonds. The average Bonchev–Trinajstić information content (AvgIpc) is 3.88. The molecule has 0 spiro atoms. The van der Waals surface area contributed by atoms with Gasteiger partial charge in [-0.3, -0.25) is 0 Å². The molecule has 7 rings (SSSR count). The second kappa shape index (κ2) is 23.5. The number of aryl methyl sites for hydroxylation is 1. The van der Waals surface area contributed by atoms with Crippen LogP contribution >= 0.6 is 75.1 Å². The molecule has 12 nitrogen and oxygen atoms in total. The molecule has 0 aliphatic rings. The Morgan fingerprint density at radius 2 is 1.30 bits per heavy atom. The minimum absolute atomic E-state index is 0.346. The van der Waals surface area contributed by atoms with E-state index in [9.17, 15) is 13.2 Å². The third-order valence-corrected chi connectivity index (χ3v) is 8.49. The van der Waals surface area contributed by atoms with Crippen molar-refractivity contribution in [3.05, 3.63) is 146 Å². The Morgan fingerprint density at radius 3 is 1.78 bits per heavy atom. The van der Waals surface area contributed by atoms with Crippen molar-refractivity contribution in [2.75, 3.05) is 0 Å². The summed E-state index contributed by atoms with van der Waals surface area (Å²) in [5.74, 6) is -0.469. The number of alkyl halides is 1. The normalized spacial score (nSPS) is 9.87. The van der Waals surface area contributed by atoms with Crippen LogP contribution in [-0.2, 0) is 11.9 Å². The minimum atomic E-state index is -0.534. The molecule has 22 heteroatoms. The topological polar surface area (TPSA) is 149 Å². The van der Waals surface area contributed by atoms with Crippen molar-refractivity contribution in [1.29, 1.82) is 0 Å². The third kappa shape index (κ3) is 14.5. The maximum absolute atomic E-state index is 12.8. The van der Waals surface area contributed by atoms with Crippen LogP contribution in [-0.4, -0.2) is 63.4 Å². The Bertz CT molecular complexity index is 2150. The van der Waals surface area contributed by atoms with Crippen LogP contribution < -0.4 is 0 Å². The van der Waals surface area contributed by atoms with Gasteiger partial charge < -0.3 is 0 Å². The van der Waals surface area contributed by atoms with Crippen molar-refractivity contribution < 1.29 is 13.2 Å². The molecule has 0 fully saturated rings. The molecule has 1 radical (unpaired) electrons. The zero-order valence-electron chi connectivity index (χ0n) is 27.5. The summed E-state index contributed by atoms with van der Waals surface area (Å²) in [7, 11) is 4.34. The number of tetrazole rings is 2. The van der Waals surface area contributed by atoms with E-state index in [2.05, 4.69) is 91.8 Å². The molecule has 1 N–H and O–H groups in total. The monoisotopic (exact) mass is 895 g/mol. The zero-order valence-corrected chi connectivity index (χ0v) is 33.0. The van der Waals surface area contributed by atoms with Crippen molar-refractivity contribution >= 4 is 82.8 Å². The number of benzene rings is 2. The number of aromatic nitrogens is 11. The molecule has 0 saturated heterocycles. The number of halogens is 8. The number of nitrogens with zero attached hydrogens (tertiary/aromatic N) is 11. The summed E-state index contributed by atoms with van der Waals surface area (Å²) in [6.45, 7) is 2.21. The number of hydrogen-bond acceptors (Lipinski definition) is 11. The fourth-order valence-corrected chi connectivity index (χ4v) is 4.84. The van der Waals surface area contributed by atoms with E-state index in [1.807, 2.05) is 6.92 Å². The first kappa shape index (κ1) is 44.1. The van der Waals surface area contributed by atoms with Crippen molar-refractivity contribution in [2.45, 2.75) is 18.8 Å². The molecule has 0 atom stereocenters. The molecule has 5 aromatic heterocycles. The van der Waals surface area contributed by atoms with Gasteiger partial charge in [0.2, 0.25) is 23.7 Å². The summed E-state index contributed by atoms with van der Waals surface area (Å²) in [4.78, 5) is 10.5. The molecular weight excluding hydrogens is 874 g/mol. The number of rotatable bonds is 5. The molecule has 0 aliphatic heterocycles. The van der Waals surface area contributed by atoms with Crippen LogP contribution in [0.1, 0.15) is 16.7 Å². The number of thiol groups is 1. The SMILES string of the molecule is Cc1ccc(F)nc1.Clc1cccc(-c2nn[nH]n2)c1Cl.Fc1ccc(CBr)cn1.Fc1ccc(Cn2nnnc2-c2cccc(Cl)c2Cl)cn1.[B]=NS. The maximum atomic E-state index is 12.8. The first-order valence-corrected chi connectivity index (χ1v) is 17.8. The Morgan fingerprint density at radius 1 is 0.759 bits per heavy atom. The van der Waals surface area contributed by atoms with E-state index in [1.54, 1.807) is 59.3 Å². The third-order valence-electron chi connectivity index (χ3n) is 6.20. The molecule has 277 valence electrons. The summed E-state index contributed by atoms with van der Waals surface area (Å²) < 4.78 is 41.1. The Balaban J connectivity index is 0.000000203. The zero-order chi connectivity index (χ0) is 39.5. The summed E-state index contributed by atoms with van der Waals surface area (Å²) in [6.07, 6.45) is 4.43. The van der Waals surface area contributed by atoms with Gasteiger partial charge in [-0.05, 0) is 81.7 Å². The summed E-state index contributed by atoms with van der Waals surface area (Å²) in [5.41, 5.74) is 4.03. The molecule has 2 aromatic carbocycles. The van der Waals surface area contributed by atoms with Gasteiger partial charge in [-0.25, -0.2) is 19.6 Å². The van der Waals surface area contributed by atoms with Gasteiger partial charge >= 0.3 is 24.8 Å². The standard InChI is InChI=1S/C13H8Cl2FN5.C7H4Cl2N4.C6H5BrFN.C6H6FN.BHNS/c14-10-3-1-2-9(12(10)15)13-18-19-20-21(13)7-8-4-5-11(16)17-6-8;8-5-3-1-2-4(6(5)9)7-10-12-13-11-7;7-3-5-1-2-6(8)9-4-5;1-5-2-3-6(7)8-4-5;1-2-3/h1-6H,7H2;1-3H,(H,10,11,12,13);1-2,4H,3H2;2-4H,1H3;3H. The van der Waals surface area contributed by atoms with E-state index >= 15 is 0 Å². The first-order valence-electron chi connectivity index (χ1n) is 14.7. The van der Waals surface area contributed by atoms with Crippen LogP contribution in [0.15, 0.2) is 95.7 Å². The summed E-state index contributed by atoms with van der Waals surface area (Å²) in [6, 6.07) is 19.4. The Labute approximate surface area is 341 Å². The number of aromatic amines is 1. The van der Waals surface area contributed by atoms with Crippen molar-refractivity contribution in [1.82, 2.24) is 55.8 Å². The Hall–Kier alpha value is -4.33. The Kier molecular flexibility index (Phi) is 19.1. The quantitative estimate of drug-likeness (QED) is 0.0747.